The van der Waals surface area contributed by atoms with Gasteiger partial charge in [-0.1, -0.05) is 18.2 Å². The highest BCUT2D eigenvalue weighted by Gasteiger charge is 2.11. The monoisotopic (exact) mass is 253 g/mol. The molecule has 0 aliphatic rings. The Kier molecular flexibility index (Phi) is 2.79. The Hall–Kier alpha value is -2.56. The molecule has 1 aromatic carbocycles. The average Bonchev–Trinajstić information content (AvgIpc) is 2.90. The van der Waals surface area contributed by atoms with Gasteiger partial charge in [0.2, 0.25) is 0 Å². The lowest BCUT2D eigenvalue weighted by Crippen LogP contribution is -2.11. The third kappa shape index (κ3) is 1.99. The van der Waals surface area contributed by atoms with Gasteiger partial charge in [0.1, 0.15) is 18.0 Å². The second-order valence-corrected chi connectivity index (χ2v) is 4.29. The van der Waals surface area contributed by atoms with E-state index in [0.29, 0.717) is 0 Å². The SMILES string of the molecule is CNc1cc(N(C)c2c[nH]c3ccccc23)ncn1. The Morgan fingerprint density at radius 3 is 2.89 bits per heavy atom. The van der Waals surface area contributed by atoms with E-state index >= 15 is 0 Å². The van der Waals surface area contributed by atoms with Crippen LogP contribution in [-0.4, -0.2) is 29.0 Å². The Labute approximate surface area is 111 Å². The summed E-state index contributed by atoms with van der Waals surface area (Å²) in [7, 11) is 3.84. The average molecular weight is 253 g/mol. The molecular weight excluding hydrogens is 238 g/mol. The first-order chi connectivity index (χ1) is 9.29. The van der Waals surface area contributed by atoms with E-state index in [2.05, 4.69) is 32.4 Å². The molecule has 0 atom stereocenters. The fraction of sp³-hybridized carbons (Fsp3) is 0.143. The third-order valence-electron chi connectivity index (χ3n) is 3.18. The van der Waals surface area contributed by atoms with Crippen molar-refractivity contribution < 1.29 is 0 Å². The summed E-state index contributed by atoms with van der Waals surface area (Å²) in [5.74, 6) is 1.65. The Morgan fingerprint density at radius 2 is 2.05 bits per heavy atom. The summed E-state index contributed by atoms with van der Waals surface area (Å²) in [5.41, 5.74) is 2.21. The topological polar surface area (TPSA) is 56.8 Å². The summed E-state index contributed by atoms with van der Waals surface area (Å²) < 4.78 is 0. The number of para-hydroxylation sites is 1. The number of aromatic amines is 1. The molecule has 0 saturated heterocycles. The van der Waals surface area contributed by atoms with Crippen LogP contribution in [0.2, 0.25) is 0 Å². The van der Waals surface area contributed by atoms with E-state index in [4.69, 9.17) is 0 Å². The van der Waals surface area contributed by atoms with Crippen LogP contribution < -0.4 is 10.2 Å². The predicted molar refractivity (Wildman–Crippen MR) is 77.9 cm³/mol. The first kappa shape index (κ1) is 11.5. The molecule has 0 fully saturated rings. The number of anilines is 3. The Morgan fingerprint density at radius 1 is 1.21 bits per heavy atom. The van der Waals surface area contributed by atoms with E-state index in [1.54, 1.807) is 6.33 Å². The molecule has 2 N–H and O–H groups in total. The van der Waals surface area contributed by atoms with Crippen molar-refractivity contribution in [2.45, 2.75) is 0 Å². The van der Waals surface area contributed by atoms with Crippen molar-refractivity contribution >= 4 is 28.2 Å². The summed E-state index contributed by atoms with van der Waals surface area (Å²) in [6.45, 7) is 0. The van der Waals surface area contributed by atoms with Crippen LogP contribution in [0, 0.1) is 0 Å². The van der Waals surface area contributed by atoms with Crippen molar-refractivity contribution in [1.82, 2.24) is 15.0 Å². The second-order valence-electron chi connectivity index (χ2n) is 4.29. The van der Waals surface area contributed by atoms with Crippen LogP contribution in [-0.2, 0) is 0 Å². The van der Waals surface area contributed by atoms with Crippen molar-refractivity contribution in [2.24, 2.45) is 0 Å². The molecule has 2 heterocycles. The number of rotatable bonds is 3. The third-order valence-corrected chi connectivity index (χ3v) is 3.18. The number of nitrogens with zero attached hydrogens (tertiary/aromatic N) is 3. The quantitative estimate of drug-likeness (QED) is 0.753. The van der Waals surface area contributed by atoms with Crippen LogP contribution in [0.25, 0.3) is 10.9 Å². The molecule has 0 aliphatic carbocycles. The number of hydrogen-bond acceptors (Lipinski definition) is 4. The molecular formula is C14H15N5. The van der Waals surface area contributed by atoms with Gasteiger partial charge >= 0.3 is 0 Å². The lowest BCUT2D eigenvalue weighted by atomic mass is 10.2. The van der Waals surface area contributed by atoms with Gasteiger partial charge in [-0.3, -0.25) is 0 Å². The minimum absolute atomic E-state index is 0.802. The van der Waals surface area contributed by atoms with Gasteiger partial charge in [0.05, 0.1) is 5.69 Å². The fourth-order valence-electron chi connectivity index (χ4n) is 2.12. The smallest absolute Gasteiger partial charge is 0.138 e. The van der Waals surface area contributed by atoms with Gasteiger partial charge in [-0.05, 0) is 6.07 Å². The van der Waals surface area contributed by atoms with Crippen LogP contribution in [0.1, 0.15) is 0 Å². The highest BCUT2D eigenvalue weighted by molar-refractivity contribution is 5.94. The highest BCUT2D eigenvalue weighted by atomic mass is 15.2. The van der Waals surface area contributed by atoms with Crippen LogP contribution in [0.4, 0.5) is 17.3 Å². The largest absolute Gasteiger partial charge is 0.373 e. The predicted octanol–water partition coefficient (Wildman–Crippen LogP) is 2.77. The van der Waals surface area contributed by atoms with Gasteiger partial charge in [-0.2, -0.15) is 0 Å². The summed E-state index contributed by atoms with van der Waals surface area (Å²) in [6, 6.07) is 10.1. The molecule has 2 aromatic heterocycles. The molecule has 0 aliphatic heterocycles. The first-order valence-electron chi connectivity index (χ1n) is 6.09. The van der Waals surface area contributed by atoms with E-state index in [1.165, 1.54) is 5.39 Å². The molecule has 0 spiro atoms. The molecule has 0 radical (unpaired) electrons. The second kappa shape index (κ2) is 4.61. The maximum Gasteiger partial charge on any atom is 0.138 e. The molecule has 0 saturated carbocycles. The molecule has 19 heavy (non-hydrogen) atoms. The zero-order valence-electron chi connectivity index (χ0n) is 10.9. The molecule has 0 bridgehead atoms. The minimum atomic E-state index is 0.802. The van der Waals surface area contributed by atoms with Gasteiger partial charge in [0.15, 0.2) is 0 Å². The van der Waals surface area contributed by atoms with Crippen molar-refractivity contribution in [3.05, 3.63) is 42.9 Å². The number of benzene rings is 1. The maximum atomic E-state index is 4.31. The lowest BCUT2D eigenvalue weighted by molar-refractivity contribution is 1.08. The Balaban J connectivity index is 2.05. The van der Waals surface area contributed by atoms with Crippen LogP contribution >= 0.6 is 0 Å². The first-order valence-corrected chi connectivity index (χ1v) is 6.09. The van der Waals surface area contributed by atoms with Crippen molar-refractivity contribution in [3.8, 4) is 0 Å². The molecule has 5 heteroatoms. The molecule has 0 unspecified atom stereocenters. The fourth-order valence-corrected chi connectivity index (χ4v) is 2.12. The lowest BCUT2D eigenvalue weighted by Gasteiger charge is -2.17. The van der Waals surface area contributed by atoms with Gasteiger partial charge in [-0.25, -0.2) is 9.97 Å². The van der Waals surface area contributed by atoms with Gasteiger partial charge in [0, 0.05) is 37.3 Å². The number of aromatic nitrogens is 3. The maximum absolute atomic E-state index is 4.31. The van der Waals surface area contributed by atoms with Gasteiger partial charge in [-0.15, -0.1) is 0 Å². The van der Waals surface area contributed by atoms with Crippen LogP contribution in [0.5, 0.6) is 0 Å². The van der Waals surface area contributed by atoms with Crippen molar-refractivity contribution in [2.75, 3.05) is 24.3 Å². The standard InChI is InChI=1S/C14H15N5/c1-15-13-7-14(18-9-17-13)19(2)12-8-16-11-6-4-3-5-10(11)12/h3-9,16H,1-2H3,(H,15,17,18). The molecule has 3 rings (SSSR count). The minimum Gasteiger partial charge on any atom is -0.373 e. The van der Waals surface area contributed by atoms with Crippen LogP contribution in [0.3, 0.4) is 0 Å². The zero-order chi connectivity index (χ0) is 13.2. The van der Waals surface area contributed by atoms with Crippen molar-refractivity contribution in [1.29, 1.82) is 0 Å². The Bertz CT molecular complexity index is 704. The van der Waals surface area contributed by atoms with E-state index in [9.17, 15) is 0 Å². The van der Waals surface area contributed by atoms with E-state index < -0.39 is 0 Å². The molecule has 0 amide bonds. The number of fused-ring (bicyclic) bond motifs is 1. The van der Waals surface area contributed by atoms with E-state index in [-0.39, 0.29) is 0 Å². The van der Waals surface area contributed by atoms with E-state index in [0.717, 1.165) is 22.8 Å². The highest BCUT2D eigenvalue weighted by Crippen LogP contribution is 2.30. The summed E-state index contributed by atoms with van der Waals surface area (Å²) >= 11 is 0. The van der Waals surface area contributed by atoms with Gasteiger partial charge in [0.25, 0.3) is 0 Å². The van der Waals surface area contributed by atoms with Crippen molar-refractivity contribution in [3.63, 3.8) is 0 Å². The number of hydrogen-bond donors (Lipinski definition) is 2. The molecule has 3 aromatic rings. The van der Waals surface area contributed by atoms with E-state index in [1.807, 2.05) is 43.4 Å². The summed E-state index contributed by atoms with van der Waals surface area (Å²) in [4.78, 5) is 13.7. The van der Waals surface area contributed by atoms with Crippen LogP contribution in [0.15, 0.2) is 42.9 Å². The molecule has 96 valence electrons. The molecule has 5 nitrogen and oxygen atoms in total. The summed E-state index contributed by atoms with van der Waals surface area (Å²) in [6.07, 6.45) is 3.55. The van der Waals surface area contributed by atoms with Gasteiger partial charge < -0.3 is 15.2 Å². The number of nitrogens with one attached hydrogen (secondary N) is 2. The zero-order valence-corrected chi connectivity index (χ0v) is 10.9. The summed E-state index contributed by atoms with van der Waals surface area (Å²) in [5, 5.41) is 4.19. The normalized spacial score (nSPS) is 10.6. The number of H-pyrrole nitrogens is 1.